The maximum atomic E-state index is 15.0. The van der Waals surface area contributed by atoms with E-state index in [0.29, 0.717) is 9.37 Å². The first-order valence-electron chi connectivity index (χ1n) is 11.4. The van der Waals surface area contributed by atoms with E-state index in [9.17, 15) is 22.4 Å². The number of hydrogen-bond donors (Lipinski definition) is 0. The fraction of sp³-hybridized carbons (Fsp3) is 0.625. The third-order valence-electron chi connectivity index (χ3n) is 5.49. The fourth-order valence-electron chi connectivity index (χ4n) is 3.70. The van der Waals surface area contributed by atoms with Gasteiger partial charge in [-0.2, -0.15) is 4.90 Å². The molecular formula is C24H32BrF2IN2O6S. The molecule has 1 aromatic carbocycles. The zero-order chi connectivity index (χ0) is 28.6. The van der Waals surface area contributed by atoms with Crippen molar-refractivity contribution in [2.75, 3.05) is 16.9 Å². The van der Waals surface area contributed by atoms with Crippen LogP contribution in [0.4, 0.5) is 18.4 Å². The van der Waals surface area contributed by atoms with Crippen LogP contribution >= 0.6 is 38.5 Å². The van der Waals surface area contributed by atoms with Crippen LogP contribution in [0.25, 0.3) is 0 Å². The van der Waals surface area contributed by atoms with E-state index in [0.717, 1.165) is 6.07 Å². The molecule has 0 aliphatic carbocycles. The Kier molecular flexibility index (Phi) is 9.50. The van der Waals surface area contributed by atoms with Gasteiger partial charge in [-0.1, -0.05) is 38.5 Å². The number of amides is 2. The molecule has 2 rings (SSSR count). The molecule has 0 radical (unpaired) electrons. The Morgan fingerprint density at radius 2 is 1.65 bits per heavy atom. The Morgan fingerprint density at radius 1 is 1.14 bits per heavy atom. The highest BCUT2D eigenvalue weighted by atomic mass is 127. The number of amidine groups is 1. The van der Waals surface area contributed by atoms with Gasteiger partial charge < -0.3 is 9.47 Å². The molecule has 8 nitrogen and oxygen atoms in total. The van der Waals surface area contributed by atoms with Crippen molar-refractivity contribution < 1.29 is 36.3 Å². The number of halogens is 4. The molecule has 37 heavy (non-hydrogen) atoms. The largest absolute Gasteiger partial charge is 0.443 e. The summed E-state index contributed by atoms with van der Waals surface area (Å²) in [4.78, 5) is 31.6. The van der Waals surface area contributed by atoms with E-state index in [4.69, 9.17) is 9.47 Å². The normalized spacial score (nSPS) is 23.7. The monoisotopic (exact) mass is 720 g/mol. The molecule has 1 heterocycles. The molecule has 0 aromatic heterocycles. The number of alkyl halides is 2. The van der Waals surface area contributed by atoms with Crippen LogP contribution in [0.2, 0.25) is 0 Å². The zero-order valence-electron chi connectivity index (χ0n) is 21.8. The van der Waals surface area contributed by atoms with Gasteiger partial charge in [-0.25, -0.2) is 26.8 Å². The van der Waals surface area contributed by atoms with E-state index >= 15 is 4.39 Å². The van der Waals surface area contributed by atoms with E-state index in [1.54, 1.807) is 41.5 Å². The molecule has 1 aliphatic rings. The Morgan fingerprint density at radius 3 is 2.08 bits per heavy atom. The van der Waals surface area contributed by atoms with Gasteiger partial charge in [0.05, 0.1) is 5.75 Å². The number of carbonyl (C=O) groups excluding carboxylic acids is 2. The lowest BCUT2D eigenvalue weighted by atomic mass is 9.92. The van der Waals surface area contributed by atoms with Gasteiger partial charge in [-0.3, -0.25) is 4.99 Å². The van der Waals surface area contributed by atoms with Gasteiger partial charge in [0.25, 0.3) is 0 Å². The summed E-state index contributed by atoms with van der Waals surface area (Å²) >= 11 is 5.16. The van der Waals surface area contributed by atoms with Gasteiger partial charge in [0.2, 0.25) is 0 Å². The van der Waals surface area contributed by atoms with Gasteiger partial charge in [0.1, 0.15) is 39.8 Å². The molecule has 0 unspecified atom stereocenters. The number of aliphatic imine (C=N–C) groups is 1. The van der Waals surface area contributed by atoms with Crippen LogP contribution in [0.1, 0.15) is 60.5 Å². The highest BCUT2D eigenvalue weighted by Crippen LogP contribution is 2.43. The summed E-state index contributed by atoms with van der Waals surface area (Å²) in [7, 11) is -4.35. The molecule has 1 aliphatic heterocycles. The molecule has 1 aromatic rings. The smallest absolute Gasteiger partial charge is 0.425 e. The summed E-state index contributed by atoms with van der Waals surface area (Å²) in [5.74, 6) is -2.36. The van der Waals surface area contributed by atoms with Gasteiger partial charge in [0, 0.05) is 14.5 Å². The first kappa shape index (κ1) is 31.9. The standard InChI is InChI=1S/C24H32BrF2IN2O6S/c1-21(2,3)35-19(31)30(20(32)36-22(4,5)6)18-23(7,10-11-28)37(33,34)14-24(13-26,29-18)16-12-15(25)8-9-17(16)27/h8-9,12H,10-11,13-14H2,1-7H3/t23-,24-/m1/s1. The quantitative estimate of drug-likeness (QED) is 0.266. The molecule has 208 valence electrons. The number of rotatable bonds is 4. The highest BCUT2D eigenvalue weighted by Gasteiger charge is 2.58. The minimum absolute atomic E-state index is 0.0693. The van der Waals surface area contributed by atoms with Gasteiger partial charge >= 0.3 is 12.2 Å². The predicted octanol–water partition coefficient (Wildman–Crippen LogP) is 6.34. The summed E-state index contributed by atoms with van der Waals surface area (Å²) in [6.07, 6.45) is -2.57. The van der Waals surface area contributed by atoms with Crippen molar-refractivity contribution in [2.45, 2.75) is 76.4 Å². The minimum atomic E-state index is -4.35. The van der Waals surface area contributed by atoms with E-state index in [1.165, 1.54) is 19.1 Å². The zero-order valence-corrected chi connectivity index (χ0v) is 26.4. The van der Waals surface area contributed by atoms with Crippen LogP contribution in [0.3, 0.4) is 0 Å². The topological polar surface area (TPSA) is 102 Å². The van der Waals surface area contributed by atoms with Crippen LogP contribution in [0.15, 0.2) is 27.7 Å². The van der Waals surface area contributed by atoms with Crippen LogP contribution < -0.4 is 0 Å². The molecule has 0 saturated heterocycles. The average molecular weight is 721 g/mol. The van der Waals surface area contributed by atoms with E-state index in [2.05, 4.69) is 20.9 Å². The molecule has 0 bridgehead atoms. The first-order chi connectivity index (χ1) is 16.7. The van der Waals surface area contributed by atoms with Crippen molar-refractivity contribution in [3.8, 4) is 0 Å². The number of benzene rings is 1. The summed E-state index contributed by atoms with van der Waals surface area (Å²) in [6, 6.07) is 3.66. The van der Waals surface area contributed by atoms with Crippen LogP contribution in [-0.2, 0) is 24.8 Å². The second-order valence-electron chi connectivity index (χ2n) is 10.9. The number of imide groups is 1. The first-order valence-corrected chi connectivity index (χ1v) is 15.4. The molecule has 0 spiro atoms. The van der Waals surface area contributed by atoms with Crippen LogP contribution in [-0.4, -0.2) is 64.1 Å². The highest BCUT2D eigenvalue weighted by molar-refractivity contribution is 14.1. The number of carbonyl (C=O) groups is 2. The van der Waals surface area contributed by atoms with Crippen molar-refractivity contribution in [3.63, 3.8) is 0 Å². The summed E-state index contributed by atoms with van der Waals surface area (Å²) < 4.78 is 67.2. The van der Waals surface area contributed by atoms with Crippen molar-refractivity contribution in [3.05, 3.63) is 34.1 Å². The second kappa shape index (κ2) is 11.0. The number of hydrogen-bond acceptors (Lipinski definition) is 7. The van der Waals surface area contributed by atoms with Crippen LogP contribution in [0.5, 0.6) is 0 Å². The van der Waals surface area contributed by atoms with Gasteiger partial charge in [0.15, 0.2) is 9.84 Å². The summed E-state index contributed by atoms with van der Waals surface area (Å²) in [5, 5.41) is 0. The fourth-order valence-corrected chi connectivity index (χ4v) is 7.57. The Labute approximate surface area is 238 Å². The minimum Gasteiger partial charge on any atom is -0.443 e. The Balaban J connectivity index is 2.98. The molecule has 13 heteroatoms. The maximum Gasteiger partial charge on any atom is 0.425 e. The molecule has 0 N–H and O–H groups in total. The average Bonchev–Trinajstić information content (AvgIpc) is 2.70. The Hall–Kier alpha value is -1.35. The molecular weight excluding hydrogens is 689 g/mol. The van der Waals surface area contributed by atoms with Crippen molar-refractivity contribution >= 4 is 66.4 Å². The molecule has 0 saturated carbocycles. The van der Waals surface area contributed by atoms with Crippen molar-refractivity contribution in [1.82, 2.24) is 4.90 Å². The van der Waals surface area contributed by atoms with E-state index < -0.39 is 67.6 Å². The predicted molar refractivity (Wildman–Crippen MR) is 149 cm³/mol. The van der Waals surface area contributed by atoms with E-state index in [1.807, 2.05) is 22.6 Å². The van der Waals surface area contributed by atoms with Crippen molar-refractivity contribution in [2.24, 2.45) is 4.99 Å². The van der Waals surface area contributed by atoms with Gasteiger partial charge in [-0.05, 0) is 73.1 Å². The Bertz CT molecular complexity index is 1170. The maximum absolute atomic E-state index is 15.0. The summed E-state index contributed by atoms with van der Waals surface area (Å²) in [6.45, 7) is 9.25. The third-order valence-corrected chi connectivity index (χ3v) is 9.14. The lowest BCUT2D eigenvalue weighted by Crippen LogP contribution is -2.63. The number of nitrogens with zero attached hydrogens (tertiary/aromatic N) is 2. The molecule has 2 amide bonds. The SMILES string of the molecule is CC(C)(C)OC(=O)N(C(=O)OC(C)(C)C)C1=N[C@@](CF)(c2cc(Br)ccc2F)CS(=O)(=O)[C@]1(C)CCI. The van der Waals surface area contributed by atoms with E-state index in [-0.39, 0.29) is 16.4 Å². The lowest BCUT2D eigenvalue weighted by Gasteiger charge is -2.44. The third kappa shape index (κ3) is 7.00. The molecule has 0 fully saturated rings. The second-order valence-corrected chi connectivity index (χ2v) is 15.4. The lowest BCUT2D eigenvalue weighted by molar-refractivity contribution is 0.0138. The van der Waals surface area contributed by atoms with Gasteiger partial charge in [-0.15, -0.1) is 0 Å². The van der Waals surface area contributed by atoms with Crippen LogP contribution in [0, 0.1) is 5.82 Å². The molecule has 2 atom stereocenters. The summed E-state index contributed by atoms with van der Waals surface area (Å²) in [5.41, 5.74) is -4.78. The number of sulfone groups is 1. The number of ether oxygens (including phenoxy) is 2. The van der Waals surface area contributed by atoms with Crippen molar-refractivity contribution in [1.29, 1.82) is 0 Å².